The number of phenolic OH excluding ortho intramolecular Hbond substituents is 1. The van der Waals surface area contributed by atoms with Gasteiger partial charge in [-0.1, -0.05) is 6.07 Å². The molecule has 1 fully saturated rings. The molecule has 76 valence electrons. The van der Waals surface area contributed by atoms with Crippen molar-refractivity contribution >= 4 is 5.69 Å². The van der Waals surface area contributed by atoms with Gasteiger partial charge in [-0.2, -0.15) is 0 Å². The Morgan fingerprint density at radius 3 is 3.07 bits per heavy atom. The summed E-state index contributed by atoms with van der Waals surface area (Å²) in [7, 11) is 0. The summed E-state index contributed by atoms with van der Waals surface area (Å²) in [6.45, 7) is 5.22. The van der Waals surface area contributed by atoms with Gasteiger partial charge in [0.15, 0.2) is 0 Å². The van der Waals surface area contributed by atoms with Crippen molar-refractivity contribution < 1.29 is 5.11 Å². The molecule has 0 bridgehead atoms. The van der Waals surface area contributed by atoms with E-state index in [-0.39, 0.29) is 0 Å². The Bertz CT molecular complexity index is 314. The summed E-state index contributed by atoms with van der Waals surface area (Å²) < 4.78 is 0. The van der Waals surface area contributed by atoms with Crippen molar-refractivity contribution in [1.29, 1.82) is 0 Å². The van der Waals surface area contributed by atoms with Gasteiger partial charge < -0.3 is 15.3 Å². The number of nitrogens with one attached hydrogen (secondary N) is 1. The number of hydrogen-bond acceptors (Lipinski definition) is 3. The molecule has 0 aromatic heterocycles. The van der Waals surface area contributed by atoms with Crippen LogP contribution in [0.2, 0.25) is 0 Å². The average Bonchev–Trinajstić information content (AvgIpc) is 2.18. The van der Waals surface area contributed by atoms with E-state index in [2.05, 4.69) is 17.1 Å². The first-order valence-electron chi connectivity index (χ1n) is 5.04. The van der Waals surface area contributed by atoms with Gasteiger partial charge in [-0.3, -0.25) is 0 Å². The van der Waals surface area contributed by atoms with Gasteiger partial charge in [-0.05, 0) is 19.1 Å². The fourth-order valence-electron chi connectivity index (χ4n) is 1.90. The zero-order valence-corrected chi connectivity index (χ0v) is 8.40. The second kappa shape index (κ2) is 3.88. The first-order valence-corrected chi connectivity index (χ1v) is 5.04. The summed E-state index contributed by atoms with van der Waals surface area (Å²) in [5.41, 5.74) is 1.11. The molecule has 1 atom stereocenters. The largest absolute Gasteiger partial charge is 0.508 e. The Labute approximate surface area is 84.4 Å². The highest BCUT2D eigenvalue weighted by Crippen LogP contribution is 2.22. The number of benzene rings is 1. The van der Waals surface area contributed by atoms with Crippen molar-refractivity contribution in [1.82, 2.24) is 5.32 Å². The lowest BCUT2D eigenvalue weighted by Crippen LogP contribution is -2.49. The van der Waals surface area contributed by atoms with E-state index >= 15 is 0 Å². The number of nitrogens with zero attached hydrogens (tertiary/aromatic N) is 1. The van der Waals surface area contributed by atoms with Crippen molar-refractivity contribution in [2.75, 3.05) is 24.5 Å². The third-order valence-corrected chi connectivity index (χ3v) is 2.66. The van der Waals surface area contributed by atoms with Gasteiger partial charge in [0.2, 0.25) is 0 Å². The maximum Gasteiger partial charge on any atom is 0.117 e. The minimum absolute atomic E-state index is 0.341. The standard InChI is InChI=1S/C11H16N2O/c1-9-8-12-5-6-13(9)10-3-2-4-11(14)7-10/h2-4,7,9,12,14H,5-6,8H2,1H3/t9-/m1/s1. The van der Waals surface area contributed by atoms with Gasteiger partial charge in [0.1, 0.15) is 5.75 Å². The highest BCUT2D eigenvalue weighted by atomic mass is 16.3. The van der Waals surface area contributed by atoms with Crippen LogP contribution in [-0.2, 0) is 0 Å². The molecular formula is C11H16N2O. The van der Waals surface area contributed by atoms with E-state index in [1.54, 1.807) is 6.07 Å². The SMILES string of the molecule is C[C@@H]1CNCCN1c1cccc(O)c1. The molecule has 3 nitrogen and oxygen atoms in total. The molecule has 1 saturated heterocycles. The molecule has 0 aliphatic carbocycles. The van der Waals surface area contributed by atoms with Crippen LogP contribution in [0.15, 0.2) is 24.3 Å². The summed E-state index contributed by atoms with van der Waals surface area (Å²) in [6, 6.07) is 7.95. The summed E-state index contributed by atoms with van der Waals surface area (Å²) in [4.78, 5) is 2.32. The van der Waals surface area contributed by atoms with Gasteiger partial charge in [0.25, 0.3) is 0 Å². The Morgan fingerprint density at radius 1 is 1.50 bits per heavy atom. The molecule has 2 N–H and O–H groups in total. The van der Waals surface area contributed by atoms with Crippen LogP contribution in [0.1, 0.15) is 6.92 Å². The van der Waals surface area contributed by atoms with Crippen molar-refractivity contribution in [3.8, 4) is 5.75 Å². The van der Waals surface area contributed by atoms with Crippen molar-refractivity contribution in [2.24, 2.45) is 0 Å². The van der Waals surface area contributed by atoms with E-state index in [0.717, 1.165) is 25.3 Å². The average molecular weight is 192 g/mol. The molecule has 1 aromatic carbocycles. The quantitative estimate of drug-likeness (QED) is 0.701. The zero-order valence-electron chi connectivity index (χ0n) is 8.40. The third kappa shape index (κ3) is 1.82. The molecule has 0 saturated carbocycles. The van der Waals surface area contributed by atoms with E-state index in [1.165, 1.54) is 0 Å². The molecule has 0 amide bonds. The van der Waals surface area contributed by atoms with Gasteiger partial charge in [-0.15, -0.1) is 0 Å². The fourth-order valence-corrected chi connectivity index (χ4v) is 1.90. The number of anilines is 1. The monoisotopic (exact) mass is 192 g/mol. The molecule has 0 unspecified atom stereocenters. The van der Waals surface area contributed by atoms with E-state index in [1.807, 2.05) is 18.2 Å². The highest BCUT2D eigenvalue weighted by molar-refractivity contribution is 5.51. The van der Waals surface area contributed by atoms with E-state index in [4.69, 9.17) is 0 Å². The van der Waals surface area contributed by atoms with Crippen LogP contribution in [0.25, 0.3) is 0 Å². The van der Waals surface area contributed by atoms with Crippen LogP contribution >= 0.6 is 0 Å². The normalized spacial score (nSPS) is 22.4. The topological polar surface area (TPSA) is 35.5 Å². The third-order valence-electron chi connectivity index (χ3n) is 2.66. The Balaban J connectivity index is 2.20. The molecule has 1 heterocycles. The van der Waals surface area contributed by atoms with E-state index in [0.29, 0.717) is 11.8 Å². The summed E-state index contributed by atoms with van der Waals surface area (Å²) >= 11 is 0. The predicted molar refractivity (Wildman–Crippen MR) is 57.8 cm³/mol. The van der Waals surface area contributed by atoms with Crippen molar-refractivity contribution in [3.05, 3.63) is 24.3 Å². The summed E-state index contributed by atoms with van der Waals surface area (Å²) in [5, 5.41) is 12.7. The molecule has 3 heteroatoms. The first-order chi connectivity index (χ1) is 6.77. The lowest BCUT2D eigenvalue weighted by atomic mass is 10.2. The number of aromatic hydroxyl groups is 1. The molecule has 0 radical (unpaired) electrons. The predicted octanol–water partition coefficient (Wildman–Crippen LogP) is 1.19. The summed E-state index contributed by atoms with van der Waals surface area (Å²) in [6.07, 6.45) is 0. The minimum atomic E-state index is 0.341. The fraction of sp³-hybridized carbons (Fsp3) is 0.455. The molecular weight excluding hydrogens is 176 g/mol. The first kappa shape index (κ1) is 9.34. The number of piperazine rings is 1. The molecule has 1 aliphatic rings. The Morgan fingerprint density at radius 2 is 2.36 bits per heavy atom. The van der Waals surface area contributed by atoms with Gasteiger partial charge >= 0.3 is 0 Å². The van der Waals surface area contributed by atoms with Crippen LogP contribution in [0.5, 0.6) is 5.75 Å². The van der Waals surface area contributed by atoms with Gasteiger partial charge in [-0.25, -0.2) is 0 Å². The van der Waals surface area contributed by atoms with Crippen LogP contribution in [0.4, 0.5) is 5.69 Å². The van der Waals surface area contributed by atoms with E-state index < -0.39 is 0 Å². The number of hydrogen-bond donors (Lipinski definition) is 2. The lowest BCUT2D eigenvalue weighted by Gasteiger charge is -2.35. The second-order valence-electron chi connectivity index (χ2n) is 3.77. The summed E-state index contributed by atoms with van der Waals surface area (Å²) in [5.74, 6) is 0.341. The zero-order chi connectivity index (χ0) is 9.97. The maximum atomic E-state index is 9.39. The van der Waals surface area contributed by atoms with Crippen molar-refractivity contribution in [3.63, 3.8) is 0 Å². The Hall–Kier alpha value is -1.22. The van der Waals surface area contributed by atoms with Crippen LogP contribution < -0.4 is 10.2 Å². The van der Waals surface area contributed by atoms with Crippen molar-refractivity contribution in [2.45, 2.75) is 13.0 Å². The molecule has 2 rings (SSSR count). The maximum absolute atomic E-state index is 9.39. The number of phenols is 1. The molecule has 1 aliphatic heterocycles. The molecule has 0 spiro atoms. The second-order valence-corrected chi connectivity index (χ2v) is 3.77. The Kier molecular flexibility index (Phi) is 2.59. The van der Waals surface area contributed by atoms with Crippen LogP contribution in [0.3, 0.4) is 0 Å². The van der Waals surface area contributed by atoms with Gasteiger partial charge in [0.05, 0.1) is 0 Å². The number of rotatable bonds is 1. The minimum Gasteiger partial charge on any atom is -0.508 e. The van der Waals surface area contributed by atoms with Crippen LogP contribution in [0, 0.1) is 0 Å². The molecule has 14 heavy (non-hydrogen) atoms. The highest BCUT2D eigenvalue weighted by Gasteiger charge is 2.17. The smallest absolute Gasteiger partial charge is 0.117 e. The van der Waals surface area contributed by atoms with Gasteiger partial charge in [0, 0.05) is 37.4 Å². The lowest BCUT2D eigenvalue weighted by molar-refractivity contribution is 0.472. The molecule has 1 aromatic rings. The van der Waals surface area contributed by atoms with Crippen LogP contribution in [-0.4, -0.2) is 30.8 Å². The van der Waals surface area contributed by atoms with E-state index in [9.17, 15) is 5.11 Å².